The molecule has 0 bridgehead atoms. The first-order valence-corrected chi connectivity index (χ1v) is 6.53. The maximum absolute atomic E-state index is 11.8. The molecule has 1 heterocycles. The second-order valence-corrected chi connectivity index (χ2v) is 5.27. The van der Waals surface area contributed by atoms with Gasteiger partial charge in [0.25, 0.3) is 0 Å². The highest BCUT2D eigenvalue weighted by Gasteiger charge is 2.24. The van der Waals surface area contributed by atoms with Gasteiger partial charge in [0.05, 0.1) is 12.6 Å². The lowest BCUT2D eigenvalue weighted by molar-refractivity contribution is -0.125. The van der Waals surface area contributed by atoms with E-state index in [1.54, 1.807) is 0 Å². The number of likely N-dealkylation sites (tertiary alicyclic amines) is 1. The van der Waals surface area contributed by atoms with E-state index < -0.39 is 0 Å². The molecule has 1 aliphatic rings. The fraction of sp³-hybridized carbons (Fsp3) is 0.846. The van der Waals surface area contributed by atoms with Crippen molar-refractivity contribution in [1.29, 1.82) is 0 Å². The molecule has 0 aromatic rings. The Balaban J connectivity index is 2.41. The van der Waals surface area contributed by atoms with Crippen LogP contribution in [0.1, 0.15) is 40.0 Å². The standard InChI is InChI=1S/C13H24N2O2/c1-10(2)11(3)14-13(17)8-15-7-5-4-6-12(15)9-16/h9-12H,4-8H2,1-3H3,(H,14,17). The first kappa shape index (κ1) is 14.2. The van der Waals surface area contributed by atoms with Crippen molar-refractivity contribution in [2.75, 3.05) is 13.1 Å². The van der Waals surface area contributed by atoms with Crippen LogP contribution in [0.5, 0.6) is 0 Å². The SMILES string of the molecule is CC(C)C(C)NC(=O)CN1CCCCC1C=O. The molecular formula is C13H24N2O2. The number of hydrogen-bond donors (Lipinski definition) is 1. The van der Waals surface area contributed by atoms with Gasteiger partial charge in [0, 0.05) is 6.04 Å². The minimum Gasteiger partial charge on any atom is -0.352 e. The van der Waals surface area contributed by atoms with Crippen LogP contribution in [0.2, 0.25) is 0 Å². The maximum Gasteiger partial charge on any atom is 0.234 e. The average Bonchev–Trinajstić information content (AvgIpc) is 2.29. The average molecular weight is 240 g/mol. The third-order valence-corrected chi connectivity index (χ3v) is 3.56. The van der Waals surface area contributed by atoms with Crippen molar-refractivity contribution >= 4 is 12.2 Å². The topological polar surface area (TPSA) is 49.4 Å². The van der Waals surface area contributed by atoms with Gasteiger partial charge in [0.2, 0.25) is 5.91 Å². The lowest BCUT2D eigenvalue weighted by Gasteiger charge is -2.32. The number of carbonyl (C=O) groups is 2. The third-order valence-electron chi connectivity index (χ3n) is 3.56. The number of aldehydes is 1. The number of amides is 1. The van der Waals surface area contributed by atoms with Crippen LogP contribution in [-0.2, 0) is 9.59 Å². The van der Waals surface area contributed by atoms with Crippen molar-refractivity contribution in [1.82, 2.24) is 10.2 Å². The van der Waals surface area contributed by atoms with E-state index in [4.69, 9.17) is 0 Å². The second-order valence-electron chi connectivity index (χ2n) is 5.27. The van der Waals surface area contributed by atoms with E-state index in [1.165, 1.54) is 0 Å². The lowest BCUT2D eigenvalue weighted by atomic mass is 10.0. The fourth-order valence-electron chi connectivity index (χ4n) is 2.02. The van der Waals surface area contributed by atoms with E-state index in [0.717, 1.165) is 32.1 Å². The Labute approximate surface area is 104 Å². The summed E-state index contributed by atoms with van der Waals surface area (Å²) in [6.07, 6.45) is 4.02. The summed E-state index contributed by atoms with van der Waals surface area (Å²) in [4.78, 5) is 24.7. The summed E-state index contributed by atoms with van der Waals surface area (Å²) in [5.41, 5.74) is 0. The Morgan fingerprint density at radius 3 is 2.71 bits per heavy atom. The van der Waals surface area contributed by atoms with Gasteiger partial charge in [0.15, 0.2) is 0 Å². The minimum atomic E-state index is -0.0659. The lowest BCUT2D eigenvalue weighted by Crippen LogP contribution is -2.48. The summed E-state index contributed by atoms with van der Waals surface area (Å²) in [5, 5.41) is 2.97. The zero-order valence-corrected chi connectivity index (χ0v) is 11.1. The zero-order chi connectivity index (χ0) is 12.8. The Morgan fingerprint density at radius 1 is 1.41 bits per heavy atom. The monoisotopic (exact) mass is 240 g/mol. The minimum absolute atomic E-state index is 0.0277. The molecule has 98 valence electrons. The van der Waals surface area contributed by atoms with E-state index in [2.05, 4.69) is 19.2 Å². The summed E-state index contributed by atoms with van der Waals surface area (Å²) >= 11 is 0. The second kappa shape index (κ2) is 6.74. The smallest absolute Gasteiger partial charge is 0.234 e. The van der Waals surface area contributed by atoms with Crippen LogP contribution in [0.3, 0.4) is 0 Å². The molecule has 0 aliphatic carbocycles. The highest BCUT2D eigenvalue weighted by atomic mass is 16.2. The molecule has 2 atom stereocenters. The van der Waals surface area contributed by atoms with Gasteiger partial charge in [-0.2, -0.15) is 0 Å². The molecule has 4 heteroatoms. The molecule has 1 fully saturated rings. The van der Waals surface area contributed by atoms with E-state index in [-0.39, 0.29) is 18.0 Å². The molecule has 0 saturated carbocycles. The van der Waals surface area contributed by atoms with Crippen LogP contribution >= 0.6 is 0 Å². The molecule has 1 aliphatic heterocycles. The van der Waals surface area contributed by atoms with Gasteiger partial charge in [-0.15, -0.1) is 0 Å². The Morgan fingerprint density at radius 2 is 2.12 bits per heavy atom. The summed E-state index contributed by atoms with van der Waals surface area (Å²) < 4.78 is 0. The highest BCUT2D eigenvalue weighted by Crippen LogP contribution is 2.14. The molecule has 0 aromatic carbocycles. The Hall–Kier alpha value is -0.900. The van der Waals surface area contributed by atoms with Crippen molar-refractivity contribution in [3.8, 4) is 0 Å². The van der Waals surface area contributed by atoms with Gasteiger partial charge < -0.3 is 10.1 Å². The zero-order valence-electron chi connectivity index (χ0n) is 11.1. The Bertz CT molecular complexity index is 266. The molecule has 4 nitrogen and oxygen atoms in total. The molecule has 17 heavy (non-hydrogen) atoms. The van der Waals surface area contributed by atoms with Crippen molar-refractivity contribution < 1.29 is 9.59 Å². The molecule has 2 unspecified atom stereocenters. The molecule has 1 N–H and O–H groups in total. The van der Waals surface area contributed by atoms with Crippen molar-refractivity contribution in [2.45, 2.75) is 52.1 Å². The van der Waals surface area contributed by atoms with Crippen molar-refractivity contribution in [3.63, 3.8) is 0 Å². The summed E-state index contributed by atoms with van der Waals surface area (Å²) in [6, 6.07) is 0.117. The number of carbonyl (C=O) groups excluding carboxylic acids is 2. The predicted octanol–water partition coefficient (Wildman–Crippen LogP) is 1.20. The molecule has 0 aromatic heterocycles. The van der Waals surface area contributed by atoms with Crippen molar-refractivity contribution in [3.05, 3.63) is 0 Å². The van der Waals surface area contributed by atoms with Crippen LogP contribution in [0.25, 0.3) is 0 Å². The van der Waals surface area contributed by atoms with Gasteiger partial charge >= 0.3 is 0 Å². The molecular weight excluding hydrogens is 216 g/mol. The predicted molar refractivity (Wildman–Crippen MR) is 67.7 cm³/mol. The van der Waals surface area contributed by atoms with Crippen LogP contribution in [0.4, 0.5) is 0 Å². The van der Waals surface area contributed by atoms with Crippen LogP contribution in [0.15, 0.2) is 0 Å². The molecule has 1 saturated heterocycles. The molecule has 0 spiro atoms. The van der Waals surface area contributed by atoms with Gasteiger partial charge in [-0.25, -0.2) is 0 Å². The summed E-state index contributed by atoms with van der Waals surface area (Å²) in [5.74, 6) is 0.460. The third kappa shape index (κ3) is 4.46. The number of rotatable bonds is 5. The van der Waals surface area contributed by atoms with Crippen molar-refractivity contribution in [2.24, 2.45) is 5.92 Å². The first-order valence-electron chi connectivity index (χ1n) is 6.53. The number of nitrogens with one attached hydrogen (secondary N) is 1. The van der Waals surface area contributed by atoms with E-state index in [9.17, 15) is 9.59 Å². The van der Waals surface area contributed by atoms with E-state index in [1.807, 2.05) is 11.8 Å². The van der Waals surface area contributed by atoms with Crippen LogP contribution < -0.4 is 5.32 Å². The fourth-order valence-corrected chi connectivity index (χ4v) is 2.02. The number of nitrogens with zero attached hydrogens (tertiary/aromatic N) is 1. The molecule has 0 radical (unpaired) electrons. The van der Waals surface area contributed by atoms with Gasteiger partial charge in [-0.1, -0.05) is 20.3 Å². The van der Waals surface area contributed by atoms with Crippen LogP contribution in [0, 0.1) is 5.92 Å². The summed E-state index contributed by atoms with van der Waals surface area (Å²) in [6.45, 7) is 7.38. The number of hydrogen-bond acceptors (Lipinski definition) is 3. The first-order chi connectivity index (χ1) is 8.04. The normalized spacial score (nSPS) is 23.4. The quantitative estimate of drug-likeness (QED) is 0.735. The largest absolute Gasteiger partial charge is 0.352 e. The molecule has 1 rings (SSSR count). The molecule has 1 amide bonds. The van der Waals surface area contributed by atoms with Gasteiger partial charge in [0.1, 0.15) is 6.29 Å². The van der Waals surface area contributed by atoms with Gasteiger partial charge in [-0.05, 0) is 32.2 Å². The van der Waals surface area contributed by atoms with Gasteiger partial charge in [-0.3, -0.25) is 9.69 Å². The summed E-state index contributed by atoms with van der Waals surface area (Å²) in [7, 11) is 0. The maximum atomic E-state index is 11.8. The highest BCUT2D eigenvalue weighted by molar-refractivity contribution is 5.78. The van der Waals surface area contributed by atoms with Crippen LogP contribution in [-0.4, -0.2) is 42.3 Å². The Kier molecular flexibility index (Phi) is 5.62. The van der Waals surface area contributed by atoms with E-state index in [0.29, 0.717) is 12.5 Å². The van der Waals surface area contributed by atoms with E-state index >= 15 is 0 Å². The number of piperidine rings is 1.